The summed E-state index contributed by atoms with van der Waals surface area (Å²) in [4.78, 5) is 0. The average Bonchev–Trinajstić information content (AvgIpc) is 2.27. The number of ether oxygens (including phenoxy) is 1. The monoisotopic (exact) mass is 229 g/mol. The summed E-state index contributed by atoms with van der Waals surface area (Å²) in [6.45, 7) is 2.11. The Bertz CT molecular complexity index is 330. The van der Waals surface area contributed by atoms with E-state index in [4.69, 9.17) is 22.1 Å². The molecule has 0 saturated heterocycles. The first-order chi connectivity index (χ1) is 7.10. The van der Waals surface area contributed by atoms with Crippen molar-refractivity contribution in [2.75, 3.05) is 13.7 Å². The standard InChI is InChI=1S/C11H16ClNO2/c1-7(10(14)6-13)9-5-8(12)3-4-11(9)15-2/h3-5,7,10,14H,6,13H2,1-2H3. The van der Waals surface area contributed by atoms with Crippen LogP contribution in [0.4, 0.5) is 0 Å². The minimum Gasteiger partial charge on any atom is -0.496 e. The fourth-order valence-corrected chi connectivity index (χ4v) is 1.65. The number of methoxy groups -OCH3 is 1. The molecule has 0 aliphatic rings. The van der Waals surface area contributed by atoms with Gasteiger partial charge in [-0.05, 0) is 18.2 Å². The van der Waals surface area contributed by atoms with Crippen LogP contribution in [0.1, 0.15) is 18.4 Å². The fraction of sp³-hybridized carbons (Fsp3) is 0.455. The Kier molecular flexibility index (Phi) is 4.39. The highest BCUT2D eigenvalue weighted by Gasteiger charge is 2.18. The molecule has 15 heavy (non-hydrogen) atoms. The van der Waals surface area contributed by atoms with E-state index in [2.05, 4.69) is 0 Å². The van der Waals surface area contributed by atoms with Crippen molar-refractivity contribution in [3.63, 3.8) is 0 Å². The predicted octanol–water partition coefficient (Wildman–Crippen LogP) is 1.77. The van der Waals surface area contributed by atoms with Gasteiger partial charge < -0.3 is 15.6 Å². The molecule has 0 fully saturated rings. The molecule has 0 bridgehead atoms. The molecule has 0 aliphatic carbocycles. The highest BCUT2D eigenvalue weighted by Crippen LogP contribution is 2.31. The van der Waals surface area contributed by atoms with E-state index in [-0.39, 0.29) is 12.5 Å². The van der Waals surface area contributed by atoms with Crippen molar-refractivity contribution in [3.8, 4) is 5.75 Å². The van der Waals surface area contributed by atoms with E-state index in [1.54, 1.807) is 25.3 Å². The summed E-state index contributed by atoms with van der Waals surface area (Å²) < 4.78 is 5.21. The summed E-state index contributed by atoms with van der Waals surface area (Å²) in [5.41, 5.74) is 6.29. The highest BCUT2D eigenvalue weighted by atomic mass is 35.5. The SMILES string of the molecule is COc1ccc(Cl)cc1C(C)C(O)CN. The molecule has 0 aromatic heterocycles. The molecule has 0 radical (unpaired) electrons. The second kappa shape index (κ2) is 5.35. The Balaban J connectivity index is 3.05. The molecule has 3 nitrogen and oxygen atoms in total. The molecule has 0 saturated carbocycles. The summed E-state index contributed by atoms with van der Waals surface area (Å²) in [6, 6.07) is 5.34. The topological polar surface area (TPSA) is 55.5 Å². The number of hydrogen-bond acceptors (Lipinski definition) is 3. The lowest BCUT2D eigenvalue weighted by Gasteiger charge is -2.20. The van der Waals surface area contributed by atoms with Crippen LogP contribution >= 0.6 is 11.6 Å². The molecule has 0 aliphatic heterocycles. The molecular weight excluding hydrogens is 214 g/mol. The van der Waals surface area contributed by atoms with E-state index in [1.165, 1.54) is 0 Å². The van der Waals surface area contributed by atoms with Gasteiger partial charge in [0.15, 0.2) is 0 Å². The number of halogens is 1. The fourth-order valence-electron chi connectivity index (χ4n) is 1.47. The van der Waals surface area contributed by atoms with Crippen LogP contribution in [0.5, 0.6) is 5.75 Å². The zero-order chi connectivity index (χ0) is 11.4. The third-order valence-corrected chi connectivity index (χ3v) is 2.74. The minimum atomic E-state index is -0.586. The first-order valence-electron chi connectivity index (χ1n) is 4.81. The molecule has 4 heteroatoms. The highest BCUT2D eigenvalue weighted by molar-refractivity contribution is 6.30. The number of aliphatic hydroxyl groups excluding tert-OH is 1. The Morgan fingerprint density at radius 1 is 1.53 bits per heavy atom. The third-order valence-electron chi connectivity index (χ3n) is 2.50. The third kappa shape index (κ3) is 2.84. The van der Waals surface area contributed by atoms with Crippen molar-refractivity contribution >= 4 is 11.6 Å². The number of aliphatic hydroxyl groups is 1. The van der Waals surface area contributed by atoms with Gasteiger partial charge in [0.1, 0.15) is 5.75 Å². The second-order valence-electron chi connectivity index (χ2n) is 3.48. The van der Waals surface area contributed by atoms with Crippen LogP contribution in [0, 0.1) is 0 Å². The van der Waals surface area contributed by atoms with Gasteiger partial charge in [-0.15, -0.1) is 0 Å². The Hall–Kier alpha value is -0.770. The zero-order valence-electron chi connectivity index (χ0n) is 8.90. The molecule has 84 valence electrons. The zero-order valence-corrected chi connectivity index (χ0v) is 9.66. The van der Waals surface area contributed by atoms with Gasteiger partial charge in [-0.2, -0.15) is 0 Å². The summed E-state index contributed by atoms with van der Waals surface area (Å²) >= 11 is 5.90. The van der Waals surface area contributed by atoms with Gasteiger partial charge in [-0.1, -0.05) is 18.5 Å². The van der Waals surface area contributed by atoms with Crippen LogP contribution in [0.15, 0.2) is 18.2 Å². The van der Waals surface area contributed by atoms with Crippen LogP contribution < -0.4 is 10.5 Å². The van der Waals surface area contributed by atoms with Gasteiger partial charge in [0.05, 0.1) is 13.2 Å². The summed E-state index contributed by atoms with van der Waals surface area (Å²) in [6.07, 6.45) is -0.586. The molecule has 1 rings (SSSR count). The maximum absolute atomic E-state index is 9.67. The summed E-state index contributed by atoms with van der Waals surface area (Å²) in [7, 11) is 1.59. The molecule has 1 aromatic carbocycles. The van der Waals surface area contributed by atoms with E-state index in [9.17, 15) is 5.11 Å². The molecule has 0 amide bonds. The van der Waals surface area contributed by atoms with Gasteiger partial charge >= 0.3 is 0 Å². The molecule has 0 spiro atoms. The summed E-state index contributed by atoms with van der Waals surface area (Å²) in [5, 5.41) is 10.3. The number of benzene rings is 1. The maximum Gasteiger partial charge on any atom is 0.122 e. The van der Waals surface area contributed by atoms with Gasteiger partial charge in [0.2, 0.25) is 0 Å². The van der Waals surface area contributed by atoms with E-state index < -0.39 is 6.10 Å². The van der Waals surface area contributed by atoms with E-state index in [1.807, 2.05) is 6.92 Å². The molecular formula is C11H16ClNO2. The Morgan fingerprint density at radius 2 is 2.20 bits per heavy atom. The lowest BCUT2D eigenvalue weighted by Crippen LogP contribution is -2.25. The van der Waals surface area contributed by atoms with Crippen molar-refractivity contribution in [1.82, 2.24) is 0 Å². The van der Waals surface area contributed by atoms with Crippen LogP contribution in [0.25, 0.3) is 0 Å². The lowest BCUT2D eigenvalue weighted by atomic mass is 9.94. The normalized spacial score (nSPS) is 14.7. The first kappa shape index (κ1) is 12.3. The second-order valence-corrected chi connectivity index (χ2v) is 3.91. The van der Waals surface area contributed by atoms with Crippen LogP contribution in [-0.2, 0) is 0 Å². The number of nitrogens with two attached hydrogens (primary N) is 1. The Labute approximate surface area is 94.8 Å². The largest absolute Gasteiger partial charge is 0.496 e. The van der Waals surface area contributed by atoms with Gasteiger partial charge in [0, 0.05) is 23.0 Å². The minimum absolute atomic E-state index is 0.0938. The predicted molar refractivity (Wildman–Crippen MR) is 61.5 cm³/mol. The molecule has 0 heterocycles. The number of rotatable bonds is 4. The van der Waals surface area contributed by atoms with Crippen LogP contribution in [-0.4, -0.2) is 24.9 Å². The first-order valence-corrected chi connectivity index (χ1v) is 5.19. The molecule has 3 N–H and O–H groups in total. The van der Waals surface area contributed by atoms with Crippen molar-refractivity contribution < 1.29 is 9.84 Å². The van der Waals surface area contributed by atoms with Gasteiger partial charge in [0.25, 0.3) is 0 Å². The van der Waals surface area contributed by atoms with Crippen molar-refractivity contribution in [2.45, 2.75) is 18.9 Å². The maximum atomic E-state index is 9.67. The van der Waals surface area contributed by atoms with E-state index in [0.717, 1.165) is 11.3 Å². The average molecular weight is 230 g/mol. The summed E-state index contributed by atoms with van der Waals surface area (Å²) in [5.74, 6) is 0.628. The molecule has 2 atom stereocenters. The van der Waals surface area contributed by atoms with Gasteiger partial charge in [-0.3, -0.25) is 0 Å². The Morgan fingerprint density at radius 3 is 2.73 bits per heavy atom. The lowest BCUT2D eigenvalue weighted by molar-refractivity contribution is 0.156. The van der Waals surface area contributed by atoms with Crippen molar-refractivity contribution in [1.29, 1.82) is 0 Å². The van der Waals surface area contributed by atoms with E-state index >= 15 is 0 Å². The van der Waals surface area contributed by atoms with Crippen molar-refractivity contribution in [3.05, 3.63) is 28.8 Å². The van der Waals surface area contributed by atoms with E-state index in [0.29, 0.717) is 5.02 Å². The van der Waals surface area contributed by atoms with Crippen LogP contribution in [0.2, 0.25) is 5.02 Å². The smallest absolute Gasteiger partial charge is 0.122 e. The van der Waals surface area contributed by atoms with Crippen LogP contribution in [0.3, 0.4) is 0 Å². The number of hydrogen-bond donors (Lipinski definition) is 2. The molecule has 1 aromatic rings. The molecule has 2 unspecified atom stereocenters. The quantitative estimate of drug-likeness (QED) is 0.828. The van der Waals surface area contributed by atoms with Crippen molar-refractivity contribution in [2.24, 2.45) is 5.73 Å². The van der Waals surface area contributed by atoms with Gasteiger partial charge in [-0.25, -0.2) is 0 Å².